The maximum absolute atomic E-state index is 13.4. The minimum Gasteiger partial charge on any atom is -0.310 e. The van der Waals surface area contributed by atoms with Crippen molar-refractivity contribution < 1.29 is 13.6 Å². The van der Waals surface area contributed by atoms with Gasteiger partial charge in [0, 0.05) is 5.56 Å². The van der Waals surface area contributed by atoms with Gasteiger partial charge in [-0.05, 0) is 40.2 Å². The van der Waals surface area contributed by atoms with Crippen molar-refractivity contribution in [2.24, 2.45) is 0 Å². The molecule has 1 heterocycles. The summed E-state index contributed by atoms with van der Waals surface area (Å²) in [5, 5.41) is 2.47. The number of amides is 1. The summed E-state index contributed by atoms with van der Waals surface area (Å²) in [5.74, 6) is -1.69. The molecule has 0 spiro atoms. The molecule has 0 bridgehead atoms. The lowest BCUT2D eigenvalue weighted by molar-refractivity contribution is -0.115. The molecule has 2 aromatic rings. The molecule has 98 valence electrons. The standard InChI is InChI=1S/C13H9BrF2N2O/c14-11-5-2-6-12(17-11)18-13(19)7-8-9(15)3-1-4-10(8)16/h1-6H,7H2,(H,17,18,19). The van der Waals surface area contributed by atoms with Crippen LogP contribution < -0.4 is 5.32 Å². The van der Waals surface area contributed by atoms with Gasteiger partial charge < -0.3 is 5.32 Å². The highest BCUT2D eigenvalue weighted by atomic mass is 79.9. The van der Waals surface area contributed by atoms with Crippen LogP contribution in [0.3, 0.4) is 0 Å². The van der Waals surface area contributed by atoms with Crippen molar-refractivity contribution in [2.45, 2.75) is 6.42 Å². The molecule has 0 aliphatic carbocycles. The first kappa shape index (κ1) is 13.6. The van der Waals surface area contributed by atoms with Crippen LogP contribution >= 0.6 is 15.9 Å². The molecule has 0 aliphatic heterocycles. The number of hydrogen-bond acceptors (Lipinski definition) is 2. The number of benzene rings is 1. The lowest BCUT2D eigenvalue weighted by Gasteiger charge is -2.06. The fraction of sp³-hybridized carbons (Fsp3) is 0.0769. The molecule has 0 aliphatic rings. The fourth-order valence-corrected chi connectivity index (χ4v) is 1.87. The smallest absolute Gasteiger partial charge is 0.230 e. The van der Waals surface area contributed by atoms with Gasteiger partial charge in [0.1, 0.15) is 22.1 Å². The molecule has 0 radical (unpaired) electrons. The summed E-state index contributed by atoms with van der Waals surface area (Å²) in [6, 6.07) is 8.46. The SMILES string of the molecule is O=C(Cc1c(F)cccc1F)Nc1cccc(Br)n1. The number of carbonyl (C=O) groups is 1. The van der Waals surface area contributed by atoms with E-state index in [0.29, 0.717) is 10.4 Å². The van der Waals surface area contributed by atoms with Crippen molar-refractivity contribution in [2.75, 3.05) is 5.32 Å². The first-order chi connectivity index (χ1) is 9.06. The Morgan fingerprint density at radius 2 is 1.79 bits per heavy atom. The Morgan fingerprint density at radius 1 is 1.16 bits per heavy atom. The maximum Gasteiger partial charge on any atom is 0.230 e. The number of hydrogen-bond donors (Lipinski definition) is 1. The zero-order chi connectivity index (χ0) is 13.8. The summed E-state index contributed by atoms with van der Waals surface area (Å²) in [7, 11) is 0. The highest BCUT2D eigenvalue weighted by Gasteiger charge is 2.13. The first-order valence-electron chi connectivity index (χ1n) is 5.41. The number of nitrogens with zero attached hydrogens (tertiary/aromatic N) is 1. The third-order valence-electron chi connectivity index (χ3n) is 2.38. The predicted molar refractivity (Wildman–Crippen MR) is 70.6 cm³/mol. The largest absolute Gasteiger partial charge is 0.310 e. The fourth-order valence-electron chi connectivity index (χ4n) is 1.53. The Balaban J connectivity index is 2.10. The van der Waals surface area contributed by atoms with E-state index in [1.165, 1.54) is 6.07 Å². The minimum atomic E-state index is -0.739. The minimum absolute atomic E-state index is 0.255. The van der Waals surface area contributed by atoms with Crippen LogP contribution in [-0.2, 0) is 11.2 Å². The van der Waals surface area contributed by atoms with E-state index in [9.17, 15) is 13.6 Å². The molecular weight excluding hydrogens is 318 g/mol. The highest BCUT2D eigenvalue weighted by molar-refractivity contribution is 9.10. The van der Waals surface area contributed by atoms with Crippen molar-refractivity contribution in [1.82, 2.24) is 4.98 Å². The van der Waals surface area contributed by atoms with Crippen molar-refractivity contribution >= 4 is 27.7 Å². The number of nitrogens with one attached hydrogen (secondary N) is 1. The summed E-state index contributed by atoms with van der Waals surface area (Å²) >= 11 is 3.16. The second kappa shape index (κ2) is 5.88. The van der Waals surface area contributed by atoms with Gasteiger partial charge in [-0.2, -0.15) is 0 Å². The van der Waals surface area contributed by atoms with Gasteiger partial charge in [0.2, 0.25) is 5.91 Å². The second-order valence-electron chi connectivity index (χ2n) is 3.77. The monoisotopic (exact) mass is 326 g/mol. The van der Waals surface area contributed by atoms with Gasteiger partial charge in [0.25, 0.3) is 0 Å². The van der Waals surface area contributed by atoms with Gasteiger partial charge in [-0.3, -0.25) is 4.79 Å². The van der Waals surface area contributed by atoms with E-state index in [2.05, 4.69) is 26.2 Å². The Labute approximate surface area is 116 Å². The van der Waals surface area contributed by atoms with Crippen LogP contribution in [0.25, 0.3) is 0 Å². The van der Waals surface area contributed by atoms with Gasteiger partial charge in [0.05, 0.1) is 6.42 Å². The third kappa shape index (κ3) is 3.57. The molecule has 1 N–H and O–H groups in total. The number of halogens is 3. The zero-order valence-corrected chi connectivity index (χ0v) is 11.2. The Bertz CT molecular complexity index is 599. The molecule has 1 aromatic carbocycles. The molecule has 1 amide bonds. The molecule has 0 saturated carbocycles. The van der Waals surface area contributed by atoms with E-state index < -0.39 is 17.5 Å². The Morgan fingerprint density at radius 3 is 2.42 bits per heavy atom. The van der Waals surface area contributed by atoms with Crippen LogP contribution in [0.2, 0.25) is 0 Å². The molecule has 19 heavy (non-hydrogen) atoms. The third-order valence-corrected chi connectivity index (χ3v) is 2.82. The van der Waals surface area contributed by atoms with Crippen LogP contribution in [0.1, 0.15) is 5.56 Å². The molecule has 0 fully saturated rings. The molecule has 2 rings (SSSR count). The van der Waals surface area contributed by atoms with Crippen molar-refractivity contribution in [1.29, 1.82) is 0 Å². The molecular formula is C13H9BrF2N2O. The normalized spacial score (nSPS) is 10.3. The number of pyridine rings is 1. The molecule has 0 saturated heterocycles. The van der Waals surface area contributed by atoms with Crippen LogP contribution in [0, 0.1) is 11.6 Å². The molecule has 6 heteroatoms. The number of rotatable bonds is 3. The summed E-state index contributed by atoms with van der Waals surface area (Å²) in [5.41, 5.74) is -0.255. The molecule has 0 atom stereocenters. The summed E-state index contributed by atoms with van der Waals surface area (Å²) in [6.07, 6.45) is -0.382. The molecule has 1 aromatic heterocycles. The van der Waals surface area contributed by atoms with Crippen LogP contribution in [0.4, 0.5) is 14.6 Å². The molecule has 0 unspecified atom stereocenters. The Kier molecular flexibility index (Phi) is 4.21. The number of anilines is 1. The van der Waals surface area contributed by atoms with Crippen LogP contribution in [0.5, 0.6) is 0 Å². The second-order valence-corrected chi connectivity index (χ2v) is 4.58. The highest BCUT2D eigenvalue weighted by Crippen LogP contribution is 2.14. The lowest BCUT2D eigenvalue weighted by atomic mass is 10.1. The zero-order valence-electron chi connectivity index (χ0n) is 9.66. The average molecular weight is 327 g/mol. The van der Waals surface area contributed by atoms with E-state index in [1.807, 2.05) is 0 Å². The number of carbonyl (C=O) groups excluding carboxylic acids is 1. The first-order valence-corrected chi connectivity index (χ1v) is 6.21. The van der Waals surface area contributed by atoms with Crippen molar-refractivity contribution in [3.05, 3.63) is 58.2 Å². The van der Waals surface area contributed by atoms with Crippen LogP contribution in [0.15, 0.2) is 41.0 Å². The summed E-state index contributed by atoms with van der Waals surface area (Å²) in [4.78, 5) is 15.7. The quantitative estimate of drug-likeness (QED) is 0.879. The Hall–Kier alpha value is -1.82. The topological polar surface area (TPSA) is 42.0 Å². The summed E-state index contributed by atoms with van der Waals surface area (Å²) in [6.45, 7) is 0. The number of aromatic nitrogens is 1. The maximum atomic E-state index is 13.4. The van der Waals surface area contributed by atoms with E-state index in [4.69, 9.17) is 0 Å². The van der Waals surface area contributed by atoms with Gasteiger partial charge in [0.15, 0.2) is 0 Å². The van der Waals surface area contributed by atoms with Gasteiger partial charge in [-0.25, -0.2) is 13.8 Å². The van der Waals surface area contributed by atoms with Gasteiger partial charge in [-0.1, -0.05) is 12.1 Å². The van der Waals surface area contributed by atoms with E-state index in [1.54, 1.807) is 18.2 Å². The lowest BCUT2D eigenvalue weighted by Crippen LogP contribution is -2.17. The predicted octanol–water partition coefficient (Wildman–Crippen LogP) is 3.30. The van der Waals surface area contributed by atoms with E-state index in [-0.39, 0.29) is 12.0 Å². The van der Waals surface area contributed by atoms with Crippen molar-refractivity contribution in [3.63, 3.8) is 0 Å². The van der Waals surface area contributed by atoms with Gasteiger partial charge in [-0.15, -0.1) is 0 Å². The van der Waals surface area contributed by atoms with E-state index in [0.717, 1.165) is 12.1 Å². The molecule has 3 nitrogen and oxygen atoms in total. The average Bonchev–Trinajstić information content (AvgIpc) is 2.34. The van der Waals surface area contributed by atoms with Gasteiger partial charge >= 0.3 is 0 Å². The van der Waals surface area contributed by atoms with E-state index >= 15 is 0 Å². The van der Waals surface area contributed by atoms with Crippen LogP contribution in [-0.4, -0.2) is 10.9 Å². The summed E-state index contributed by atoms with van der Waals surface area (Å²) < 4.78 is 27.3. The van der Waals surface area contributed by atoms with Crippen molar-refractivity contribution in [3.8, 4) is 0 Å².